The first kappa shape index (κ1) is 25.7. The number of phenols is 1. The van der Waals surface area contributed by atoms with Crippen LogP contribution in [0.4, 0.5) is 5.82 Å². The fourth-order valence-electron chi connectivity index (χ4n) is 5.88. The number of hydrogen-bond acceptors (Lipinski definition) is 9. The summed E-state index contributed by atoms with van der Waals surface area (Å²) in [7, 11) is 0. The predicted molar refractivity (Wildman–Crippen MR) is 158 cm³/mol. The standard InChI is InChI=1S/C30H29N9O3/c1-15-7-6-8-20-23(15)29(41)38(39-17(3)11-16(2)35-39)22(34-20)13-37-28-24(27(31)32-14-33-28)25(36-37)18-9-10-21(40)26-19(18)12-30(4,5)42-26/h6-11,14,40H,12-13H2,1-5H3,(H2,31,32,33). The third-order valence-electron chi connectivity index (χ3n) is 7.65. The number of nitrogen functional groups attached to an aromatic ring is 1. The molecule has 0 amide bonds. The third-order valence-corrected chi connectivity index (χ3v) is 7.65. The normalized spacial score (nSPS) is 14.0. The van der Waals surface area contributed by atoms with E-state index < -0.39 is 5.60 Å². The molecule has 0 aliphatic carbocycles. The van der Waals surface area contributed by atoms with Crippen LogP contribution in [0.1, 0.15) is 42.2 Å². The van der Waals surface area contributed by atoms with Gasteiger partial charge in [-0.2, -0.15) is 19.7 Å². The van der Waals surface area contributed by atoms with Gasteiger partial charge in [0.15, 0.2) is 23.0 Å². The summed E-state index contributed by atoms with van der Waals surface area (Å²) in [4.78, 5) is 29.3. The Morgan fingerprint density at radius 3 is 2.64 bits per heavy atom. The zero-order valence-electron chi connectivity index (χ0n) is 23.9. The minimum Gasteiger partial charge on any atom is -0.504 e. The highest BCUT2D eigenvalue weighted by Gasteiger charge is 2.35. The van der Waals surface area contributed by atoms with Crippen molar-refractivity contribution in [2.75, 3.05) is 5.73 Å². The van der Waals surface area contributed by atoms with Gasteiger partial charge in [-0.15, -0.1) is 0 Å². The summed E-state index contributed by atoms with van der Waals surface area (Å²) in [6.45, 7) is 9.69. The van der Waals surface area contributed by atoms with E-state index in [-0.39, 0.29) is 23.7 Å². The molecule has 0 bridgehead atoms. The smallest absolute Gasteiger partial charge is 0.282 e. The average molecular weight is 564 g/mol. The van der Waals surface area contributed by atoms with E-state index in [4.69, 9.17) is 20.6 Å². The Balaban J connectivity index is 1.48. The molecular formula is C30H29N9O3. The van der Waals surface area contributed by atoms with Crippen LogP contribution in [0.5, 0.6) is 11.5 Å². The lowest BCUT2D eigenvalue weighted by molar-refractivity contribution is 0.134. The first-order chi connectivity index (χ1) is 20.0. The van der Waals surface area contributed by atoms with Crippen molar-refractivity contribution >= 4 is 27.8 Å². The number of anilines is 1. The molecule has 0 atom stereocenters. The van der Waals surface area contributed by atoms with Gasteiger partial charge in [0.2, 0.25) is 0 Å². The summed E-state index contributed by atoms with van der Waals surface area (Å²) >= 11 is 0. The largest absolute Gasteiger partial charge is 0.504 e. The van der Waals surface area contributed by atoms with Gasteiger partial charge in [-0.1, -0.05) is 12.1 Å². The molecule has 6 aromatic rings. The van der Waals surface area contributed by atoms with Crippen LogP contribution in [0.2, 0.25) is 0 Å². The molecule has 0 unspecified atom stereocenters. The highest BCUT2D eigenvalue weighted by molar-refractivity contribution is 5.99. The van der Waals surface area contributed by atoms with Crippen LogP contribution >= 0.6 is 0 Å². The molecule has 4 aromatic heterocycles. The number of rotatable bonds is 4. The van der Waals surface area contributed by atoms with Crippen molar-refractivity contribution in [1.82, 2.24) is 39.3 Å². The molecule has 12 heteroatoms. The Bertz CT molecular complexity index is 2140. The van der Waals surface area contributed by atoms with Crippen molar-refractivity contribution in [2.45, 2.75) is 53.2 Å². The first-order valence-electron chi connectivity index (χ1n) is 13.6. The van der Waals surface area contributed by atoms with E-state index in [0.29, 0.717) is 45.6 Å². The van der Waals surface area contributed by atoms with Crippen molar-refractivity contribution < 1.29 is 9.84 Å². The maximum absolute atomic E-state index is 14.0. The number of nitrogens with two attached hydrogens (primary N) is 1. The fourth-order valence-corrected chi connectivity index (χ4v) is 5.88. The van der Waals surface area contributed by atoms with E-state index in [2.05, 4.69) is 15.1 Å². The van der Waals surface area contributed by atoms with Crippen molar-refractivity contribution in [1.29, 1.82) is 0 Å². The molecule has 5 heterocycles. The molecule has 7 rings (SSSR count). The summed E-state index contributed by atoms with van der Waals surface area (Å²) < 4.78 is 9.23. The highest BCUT2D eigenvalue weighted by Crippen LogP contribution is 2.47. The second kappa shape index (κ2) is 8.87. The molecule has 12 nitrogen and oxygen atoms in total. The van der Waals surface area contributed by atoms with Gasteiger partial charge in [-0.05, 0) is 64.4 Å². The number of benzene rings is 2. The quantitative estimate of drug-likeness (QED) is 0.327. The number of aryl methyl sites for hydroxylation is 3. The van der Waals surface area contributed by atoms with E-state index in [0.717, 1.165) is 28.1 Å². The second-order valence-corrected chi connectivity index (χ2v) is 11.4. The van der Waals surface area contributed by atoms with Crippen LogP contribution in [0, 0.1) is 20.8 Å². The molecule has 3 N–H and O–H groups in total. The number of hydrogen-bond donors (Lipinski definition) is 2. The Kier molecular flexibility index (Phi) is 5.42. The van der Waals surface area contributed by atoms with Gasteiger partial charge in [-0.25, -0.2) is 19.6 Å². The monoisotopic (exact) mass is 563 g/mol. The van der Waals surface area contributed by atoms with Crippen LogP contribution < -0.4 is 16.0 Å². The van der Waals surface area contributed by atoms with Crippen molar-refractivity contribution in [2.24, 2.45) is 0 Å². The summed E-state index contributed by atoms with van der Waals surface area (Å²) in [6.07, 6.45) is 1.95. The van der Waals surface area contributed by atoms with Crippen molar-refractivity contribution in [3.05, 3.63) is 81.4 Å². The Labute approximate surface area is 240 Å². The zero-order chi connectivity index (χ0) is 29.5. The maximum atomic E-state index is 14.0. The Morgan fingerprint density at radius 2 is 1.88 bits per heavy atom. The number of phenolic OH excluding ortho intramolecular Hbond substituents is 1. The summed E-state index contributed by atoms with van der Waals surface area (Å²) in [6, 6.07) is 10.9. The Morgan fingerprint density at radius 1 is 1.07 bits per heavy atom. The lowest BCUT2D eigenvalue weighted by Gasteiger charge is -2.16. The average Bonchev–Trinajstić information content (AvgIpc) is 3.57. The highest BCUT2D eigenvalue weighted by atomic mass is 16.5. The van der Waals surface area contributed by atoms with Crippen LogP contribution in [0.3, 0.4) is 0 Å². The van der Waals surface area contributed by atoms with Crippen molar-refractivity contribution in [3.63, 3.8) is 0 Å². The number of fused-ring (bicyclic) bond motifs is 3. The SMILES string of the molecule is Cc1cc(C)n(-n2c(Cn3nc(-c4ccc(O)c5c4CC(C)(C)O5)c4c(N)ncnc43)nc3cccc(C)c3c2=O)n1. The molecule has 42 heavy (non-hydrogen) atoms. The van der Waals surface area contributed by atoms with Gasteiger partial charge < -0.3 is 15.6 Å². The van der Waals surface area contributed by atoms with Gasteiger partial charge in [0.25, 0.3) is 5.56 Å². The van der Waals surface area contributed by atoms with Crippen LogP contribution in [0.15, 0.2) is 47.5 Å². The summed E-state index contributed by atoms with van der Waals surface area (Å²) in [5, 5.41) is 21.2. The minimum atomic E-state index is -0.501. The van der Waals surface area contributed by atoms with E-state index in [1.807, 2.05) is 58.9 Å². The molecular weight excluding hydrogens is 534 g/mol. The third kappa shape index (κ3) is 3.82. The lowest BCUT2D eigenvalue weighted by atomic mass is 9.95. The molecule has 1 aliphatic rings. The molecule has 0 spiro atoms. The van der Waals surface area contributed by atoms with E-state index in [1.165, 1.54) is 11.0 Å². The minimum absolute atomic E-state index is 0.0665. The molecule has 212 valence electrons. The topological polar surface area (TPSA) is 152 Å². The van der Waals surface area contributed by atoms with Crippen LogP contribution in [-0.2, 0) is 13.0 Å². The van der Waals surface area contributed by atoms with Gasteiger partial charge in [0.1, 0.15) is 30.0 Å². The van der Waals surface area contributed by atoms with Crippen LogP contribution in [0.25, 0.3) is 33.2 Å². The number of ether oxygens (including phenoxy) is 1. The molecule has 0 saturated heterocycles. The summed E-state index contributed by atoms with van der Waals surface area (Å²) in [5.74, 6) is 1.18. The van der Waals surface area contributed by atoms with E-state index >= 15 is 0 Å². The van der Waals surface area contributed by atoms with Gasteiger partial charge in [0.05, 0.1) is 27.7 Å². The lowest BCUT2D eigenvalue weighted by Crippen LogP contribution is -2.33. The Hall–Kier alpha value is -5.26. The second-order valence-electron chi connectivity index (χ2n) is 11.4. The zero-order valence-corrected chi connectivity index (χ0v) is 23.9. The molecule has 0 radical (unpaired) electrons. The number of aromatic hydroxyl groups is 1. The van der Waals surface area contributed by atoms with Gasteiger partial charge >= 0.3 is 0 Å². The molecule has 1 aliphatic heterocycles. The molecule has 0 saturated carbocycles. The van der Waals surface area contributed by atoms with Gasteiger partial charge in [-0.3, -0.25) is 4.79 Å². The summed E-state index contributed by atoms with van der Waals surface area (Å²) in [5.41, 5.74) is 11.3. The predicted octanol–water partition coefficient (Wildman–Crippen LogP) is 3.69. The van der Waals surface area contributed by atoms with Gasteiger partial charge in [0, 0.05) is 17.5 Å². The molecule has 2 aromatic carbocycles. The molecule has 0 fully saturated rings. The van der Waals surface area contributed by atoms with Crippen molar-refractivity contribution in [3.8, 4) is 22.8 Å². The fraction of sp³-hybridized carbons (Fsp3) is 0.267. The van der Waals surface area contributed by atoms with E-state index in [9.17, 15) is 9.90 Å². The number of nitrogens with zero attached hydrogens (tertiary/aromatic N) is 8. The van der Waals surface area contributed by atoms with E-state index in [1.54, 1.807) is 21.6 Å². The number of aromatic nitrogens is 8. The van der Waals surface area contributed by atoms with Crippen LogP contribution in [-0.4, -0.2) is 50.0 Å². The first-order valence-corrected chi connectivity index (χ1v) is 13.6. The maximum Gasteiger partial charge on any atom is 0.282 e.